The van der Waals surface area contributed by atoms with E-state index in [1.54, 1.807) is 0 Å². The van der Waals surface area contributed by atoms with E-state index in [0.29, 0.717) is 18.2 Å². The Morgan fingerprint density at radius 1 is 1.41 bits per heavy atom. The zero-order valence-corrected chi connectivity index (χ0v) is 7.89. The molecule has 0 saturated heterocycles. The fourth-order valence-corrected chi connectivity index (χ4v) is 1.04. The van der Waals surface area contributed by atoms with Gasteiger partial charge in [-0.2, -0.15) is 0 Å². The molecule has 1 N–H and O–H groups in total. The van der Waals surface area contributed by atoms with Crippen molar-refractivity contribution in [2.45, 2.75) is 6.36 Å². The number of nitro groups is 1. The summed E-state index contributed by atoms with van der Waals surface area (Å²) in [6.07, 6.45) is -5.00. The molecule has 0 amide bonds. The number of alkyl halides is 3. The van der Waals surface area contributed by atoms with E-state index in [4.69, 9.17) is 5.11 Å². The van der Waals surface area contributed by atoms with E-state index in [9.17, 15) is 28.1 Å². The number of aromatic carboxylic acids is 1. The van der Waals surface area contributed by atoms with Gasteiger partial charge in [0.15, 0.2) is 0 Å². The number of carboxylic acid groups (broad SMARTS) is 1. The quantitative estimate of drug-likeness (QED) is 0.656. The average Bonchev–Trinajstić information content (AvgIpc) is 2.14. The number of rotatable bonds is 3. The normalized spacial score (nSPS) is 11.0. The van der Waals surface area contributed by atoms with Gasteiger partial charge in [-0.1, -0.05) is 0 Å². The number of nitro benzene ring substituents is 1. The van der Waals surface area contributed by atoms with Crippen molar-refractivity contribution in [3.8, 4) is 5.75 Å². The molecule has 92 valence electrons. The summed E-state index contributed by atoms with van der Waals surface area (Å²) in [5, 5.41) is 19.0. The van der Waals surface area contributed by atoms with Crippen molar-refractivity contribution < 1.29 is 32.7 Å². The van der Waals surface area contributed by atoms with Crippen molar-refractivity contribution in [3.05, 3.63) is 33.9 Å². The Kier molecular flexibility index (Phi) is 3.21. The second-order valence-electron chi connectivity index (χ2n) is 2.79. The van der Waals surface area contributed by atoms with Crippen LogP contribution in [0.4, 0.5) is 18.9 Å². The number of benzene rings is 1. The second-order valence-corrected chi connectivity index (χ2v) is 2.79. The maximum atomic E-state index is 11.8. The monoisotopic (exact) mass is 251 g/mol. The van der Waals surface area contributed by atoms with Crippen molar-refractivity contribution in [1.29, 1.82) is 0 Å². The number of hydrogen-bond donors (Lipinski definition) is 1. The van der Waals surface area contributed by atoms with E-state index in [1.165, 1.54) is 0 Å². The van der Waals surface area contributed by atoms with Crippen LogP contribution in [0.25, 0.3) is 0 Å². The molecule has 1 rings (SSSR count). The highest BCUT2D eigenvalue weighted by molar-refractivity contribution is 5.92. The zero-order valence-electron chi connectivity index (χ0n) is 7.89. The van der Waals surface area contributed by atoms with Crippen LogP contribution in [0.1, 0.15) is 10.4 Å². The van der Waals surface area contributed by atoms with Gasteiger partial charge in [-0.3, -0.25) is 10.1 Å². The highest BCUT2D eigenvalue weighted by Crippen LogP contribution is 2.28. The highest BCUT2D eigenvalue weighted by Gasteiger charge is 2.32. The Hall–Kier alpha value is -2.32. The molecule has 1 aromatic carbocycles. The first-order valence-electron chi connectivity index (χ1n) is 3.98. The Balaban J connectivity index is 3.19. The summed E-state index contributed by atoms with van der Waals surface area (Å²) in [7, 11) is 0. The van der Waals surface area contributed by atoms with Gasteiger partial charge in [-0.15, -0.1) is 13.2 Å². The minimum absolute atomic E-state index is 0.400. The fraction of sp³-hybridized carbons (Fsp3) is 0.125. The van der Waals surface area contributed by atoms with Crippen molar-refractivity contribution in [2.75, 3.05) is 0 Å². The van der Waals surface area contributed by atoms with Crippen LogP contribution in [0.15, 0.2) is 18.2 Å². The topological polar surface area (TPSA) is 89.7 Å². The van der Waals surface area contributed by atoms with Crippen LogP contribution in [0.2, 0.25) is 0 Å². The van der Waals surface area contributed by atoms with Gasteiger partial charge in [-0.05, 0) is 12.1 Å². The average molecular weight is 251 g/mol. The Morgan fingerprint density at radius 2 is 2.00 bits per heavy atom. The van der Waals surface area contributed by atoms with Crippen LogP contribution in [-0.4, -0.2) is 22.4 Å². The minimum Gasteiger partial charge on any atom is -0.477 e. The molecular weight excluding hydrogens is 247 g/mol. The predicted molar refractivity (Wildman–Crippen MR) is 46.7 cm³/mol. The first-order chi connectivity index (χ1) is 7.70. The molecule has 6 nitrogen and oxygen atoms in total. The molecule has 0 heterocycles. The van der Waals surface area contributed by atoms with Gasteiger partial charge >= 0.3 is 12.3 Å². The van der Waals surface area contributed by atoms with Crippen molar-refractivity contribution in [3.63, 3.8) is 0 Å². The molecule has 17 heavy (non-hydrogen) atoms. The lowest BCUT2D eigenvalue weighted by Gasteiger charge is -2.08. The number of hydrogen-bond acceptors (Lipinski definition) is 4. The molecule has 0 aliphatic rings. The molecule has 0 saturated carbocycles. The van der Waals surface area contributed by atoms with E-state index in [0.717, 1.165) is 0 Å². The molecular formula is C8H4F3NO5. The van der Waals surface area contributed by atoms with Gasteiger partial charge in [0.25, 0.3) is 5.69 Å². The van der Waals surface area contributed by atoms with Crippen LogP contribution in [0.3, 0.4) is 0 Å². The largest absolute Gasteiger partial charge is 0.573 e. The van der Waals surface area contributed by atoms with Crippen LogP contribution in [0, 0.1) is 10.1 Å². The van der Waals surface area contributed by atoms with E-state index in [2.05, 4.69) is 4.74 Å². The predicted octanol–water partition coefficient (Wildman–Crippen LogP) is 2.19. The summed E-state index contributed by atoms with van der Waals surface area (Å²) in [4.78, 5) is 19.9. The second kappa shape index (κ2) is 4.28. The highest BCUT2D eigenvalue weighted by atomic mass is 19.4. The first-order valence-corrected chi connectivity index (χ1v) is 3.98. The van der Waals surface area contributed by atoms with Crippen LogP contribution in [-0.2, 0) is 0 Å². The van der Waals surface area contributed by atoms with Gasteiger partial charge in [0.2, 0.25) is 0 Å². The number of carbonyl (C=O) groups is 1. The molecule has 1 aromatic rings. The van der Waals surface area contributed by atoms with Gasteiger partial charge in [-0.25, -0.2) is 4.79 Å². The summed E-state index contributed by atoms with van der Waals surface area (Å²) < 4.78 is 38.9. The Labute approximate surface area is 91.4 Å². The smallest absolute Gasteiger partial charge is 0.477 e. The van der Waals surface area contributed by atoms with Crippen molar-refractivity contribution in [2.24, 2.45) is 0 Å². The standard InChI is InChI=1S/C8H4F3NO5/c9-8(10,11)17-4-1-2-5(7(13)14)6(3-4)12(15)16/h1-3H,(H,13,14). The molecule has 0 bridgehead atoms. The fourth-order valence-electron chi connectivity index (χ4n) is 1.04. The van der Waals surface area contributed by atoms with E-state index < -0.39 is 34.3 Å². The van der Waals surface area contributed by atoms with Gasteiger partial charge in [0.05, 0.1) is 11.0 Å². The number of carboxylic acids is 1. The lowest BCUT2D eigenvalue weighted by molar-refractivity contribution is -0.385. The van der Waals surface area contributed by atoms with Gasteiger partial charge < -0.3 is 9.84 Å². The maximum absolute atomic E-state index is 11.8. The van der Waals surface area contributed by atoms with E-state index in [1.807, 2.05) is 0 Å². The molecule has 0 atom stereocenters. The Morgan fingerprint density at radius 3 is 2.41 bits per heavy atom. The maximum Gasteiger partial charge on any atom is 0.573 e. The third kappa shape index (κ3) is 3.33. The SMILES string of the molecule is O=C(O)c1ccc(OC(F)(F)F)cc1[N+](=O)[O-]. The third-order valence-electron chi connectivity index (χ3n) is 1.63. The molecule has 9 heteroatoms. The summed E-state index contributed by atoms with van der Waals surface area (Å²) in [5.41, 5.74) is -1.69. The van der Waals surface area contributed by atoms with Crippen LogP contribution >= 0.6 is 0 Å². The van der Waals surface area contributed by atoms with Crippen LogP contribution < -0.4 is 4.74 Å². The van der Waals surface area contributed by atoms with Crippen molar-refractivity contribution in [1.82, 2.24) is 0 Å². The third-order valence-corrected chi connectivity index (χ3v) is 1.63. The molecule has 0 aliphatic heterocycles. The lowest BCUT2D eigenvalue weighted by Crippen LogP contribution is -2.17. The molecule has 0 unspecified atom stereocenters. The summed E-state index contributed by atoms with van der Waals surface area (Å²) in [6.45, 7) is 0. The summed E-state index contributed by atoms with van der Waals surface area (Å²) >= 11 is 0. The van der Waals surface area contributed by atoms with Gasteiger partial charge in [0.1, 0.15) is 11.3 Å². The molecule has 0 aromatic heterocycles. The van der Waals surface area contributed by atoms with Crippen molar-refractivity contribution >= 4 is 11.7 Å². The Bertz CT molecular complexity index is 471. The lowest BCUT2D eigenvalue weighted by atomic mass is 10.2. The molecule has 0 aliphatic carbocycles. The van der Waals surface area contributed by atoms with Crippen LogP contribution in [0.5, 0.6) is 5.75 Å². The zero-order chi connectivity index (χ0) is 13.2. The van der Waals surface area contributed by atoms with E-state index in [-0.39, 0.29) is 0 Å². The molecule has 0 fully saturated rings. The molecule has 0 radical (unpaired) electrons. The number of ether oxygens (including phenoxy) is 1. The first kappa shape index (κ1) is 12.7. The van der Waals surface area contributed by atoms with E-state index >= 15 is 0 Å². The minimum atomic E-state index is -5.00. The molecule has 0 spiro atoms. The van der Waals surface area contributed by atoms with Gasteiger partial charge in [0, 0.05) is 0 Å². The summed E-state index contributed by atoms with van der Waals surface area (Å²) in [5.74, 6) is -2.47. The number of nitrogens with zero attached hydrogens (tertiary/aromatic N) is 1. The summed E-state index contributed by atoms with van der Waals surface area (Å²) in [6, 6.07) is 1.75. The number of halogens is 3.